The summed E-state index contributed by atoms with van der Waals surface area (Å²) in [6.07, 6.45) is 1.85. The molecule has 156 valence electrons. The molecule has 7 nitrogen and oxygen atoms in total. The van der Waals surface area contributed by atoms with Gasteiger partial charge < -0.3 is 14.8 Å². The number of benzene rings is 1. The molecule has 1 aliphatic rings. The van der Waals surface area contributed by atoms with Crippen LogP contribution in [-0.4, -0.2) is 33.9 Å². The number of hydrogen-bond acceptors (Lipinski definition) is 5. The number of esters is 1. The number of aromatic nitrogens is 2. The van der Waals surface area contributed by atoms with Crippen LogP contribution in [0.5, 0.6) is 5.75 Å². The van der Waals surface area contributed by atoms with Gasteiger partial charge in [-0.05, 0) is 19.1 Å². The monoisotopic (exact) mass is 435 g/mol. The Balaban J connectivity index is 1.66. The van der Waals surface area contributed by atoms with Crippen LogP contribution in [0.25, 0.3) is 5.65 Å². The molecule has 1 saturated heterocycles. The first-order valence-electron chi connectivity index (χ1n) is 9.06. The summed E-state index contributed by atoms with van der Waals surface area (Å²) < 4.78 is 39.6. The summed E-state index contributed by atoms with van der Waals surface area (Å²) in [5.41, 5.74) is 0.529. The van der Waals surface area contributed by atoms with Crippen LogP contribution in [-0.2, 0) is 16.1 Å². The molecule has 1 unspecified atom stereocenters. The molecule has 1 amide bonds. The summed E-state index contributed by atoms with van der Waals surface area (Å²) in [5, 5.41) is 2.84. The number of rotatable bonds is 5. The first-order chi connectivity index (χ1) is 14.3. The van der Waals surface area contributed by atoms with E-state index in [9.17, 15) is 18.4 Å². The Labute approximate surface area is 174 Å². The Bertz CT molecular complexity index is 1140. The summed E-state index contributed by atoms with van der Waals surface area (Å²) in [6, 6.07) is 4.23. The third kappa shape index (κ3) is 3.68. The number of amides is 1. The van der Waals surface area contributed by atoms with Crippen molar-refractivity contribution in [3.63, 3.8) is 0 Å². The zero-order valence-electron chi connectivity index (χ0n) is 15.7. The standard InChI is InChI=1S/C20H16ClF2N3O4/c1-10-17(19(27)25-15-5-6-29-20(15)28)26-8-11(21)7-16(18(26)24-10)30-9-12-13(22)3-2-4-14(12)23/h2-4,7-8,15H,5-6,9H2,1H3,(H,25,27). The number of nitrogens with zero attached hydrogens (tertiary/aromatic N) is 2. The van der Waals surface area contributed by atoms with Crippen LogP contribution in [0.15, 0.2) is 30.5 Å². The van der Waals surface area contributed by atoms with Gasteiger partial charge >= 0.3 is 5.97 Å². The number of carbonyl (C=O) groups is 2. The number of fused-ring (bicyclic) bond motifs is 1. The molecule has 3 heterocycles. The van der Waals surface area contributed by atoms with E-state index in [0.29, 0.717) is 12.1 Å². The number of carbonyl (C=O) groups excluding carboxylic acids is 2. The van der Waals surface area contributed by atoms with Crippen LogP contribution >= 0.6 is 11.6 Å². The van der Waals surface area contributed by atoms with Crippen molar-refractivity contribution in [1.29, 1.82) is 0 Å². The van der Waals surface area contributed by atoms with Gasteiger partial charge in [-0.2, -0.15) is 0 Å². The van der Waals surface area contributed by atoms with Crippen molar-refractivity contribution in [2.75, 3.05) is 6.61 Å². The van der Waals surface area contributed by atoms with Crippen molar-refractivity contribution >= 4 is 29.1 Å². The first-order valence-corrected chi connectivity index (χ1v) is 9.44. The van der Waals surface area contributed by atoms with E-state index >= 15 is 0 Å². The number of hydrogen-bond donors (Lipinski definition) is 1. The van der Waals surface area contributed by atoms with Crippen LogP contribution < -0.4 is 10.1 Å². The number of aryl methyl sites for hydroxylation is 1. The SMILES string of the molecule is Cc1nc2c(OCc3c(F)cccc3F)cc(Cl)cn2c1C(=O)NC1CCOC1=O. The number of nitrogens with one attached hydrogen (secondary N) is 1. The molecule has 1 aromatic carbocycles. The summed E-state index contributed by atoms with van der Waals surface area (Å²) >= 11 is 6.16. The van der Waals surface area contributed by atoms with Crippen LogP contribution in [0.3, 0.4) is 0 Å². The third-order valence-electron chi connectivity index (χ3n) is 4.72. The third-order valence-corrected chi connectivity index (χ3v) is 4.92. The predicted molar refractivity (Wildman–Crippen MR) is 102 cm³/mol. The number of imidazole rings is 1. The molecule has 0 radical (unpaired) electrons. The van der Waals surface area contributed by atoms with Crippen molar-refractivity contribution in [3.8, 4) is 5.75 Å². The van der Waals surface area contributed by atoms with E-state index in [2.05, 4.69) is 10.3 Å². The predicted octanol–water partition coefficient (Wildman–Crippen LogP) is 3.20. The molecule has 3 aromatic rings. The van der Waals surface area contributed by atoms with Gasteiger partial charge in [0.15, 0.2) is 11.4 Å². The second-order valence-electron chi connectivity index (χ2n) is 6.73. The summed E-state index contributed by atoms with van der Waals surface area (Å²) in [6.45, 7) is 1.46. The Morgan fingerprint density at radius 1 is 1.40 bits per heavy atom. The maximum atomic E-state index is 13.9. The summed E-state index contributed by atoms with van der Waals surface area (Å²) in [7, 11) is 0. The minimum Gasteiger partial charge on any atom is -0.485 e. The molecule has 30 heavy (non-hydrogen) atoms. The topological polar surface area (TPSA) is 81.9 Å². The highest BCUT2D eigenvalue weighted by Crippen LogP contribution is 2.28. The Kier molecular flexibility index (Phi) is 5.29. The molecule has 0 aliphatic carbocycles. The molecule has 1 fully saturated rings. The van der Waals surface area contributed by atoms with Crippen LogP contribution in [0.1, 0.15) is 28.2 Å². The minimum absolute atomic E-state index is 0.146. The van der Waals surface area contributed by atoms with E-state index in [-0.39, 0.29) is 34.3 Å². The molecular weight excluding hydrogens is 420 g/mol. The fourth-order valence-electron chi connectivity index (χ4n) is 3.25. The van der Waals surface area contributed by atoms with Gasteiger partial charge in [0.1, 0.15) is 30.0 Å². The lowest BCUT2D eigenvalue weighted by Gasteiger charge is -2.11. The lowest BCUT2D eigenvalue weighted by Crippen LogP contribution is -2.38. The van der Waals surface area contributed by atoms with Gasteiger partial charge in [0.2, 0.25) is 0 Å². The fraction of sp³-hybridized carbons (Fsp3) is 0.250. The first kappa shape index (κ1) is 20.1. The normalized spacial score (nSPS) is 16.0. The highest BCUT2D eigenvalue weighted by molar-refractivity contribution is 6.30. The van der Waals surface area contributed by atoms with E-state index in [1.807, 2.05) is 0 Å². The number of cyclic esters (lactones) is 1. The van der Waals surface area contributed by atoms with Gasteiger partial charge in [0.25, 0.3) is 5.91 Å². The molecule has 1 atom stereocenters. The zero-order valence-corrected chi connectivity index (χ0v) is 16.5. The molecule has 4 rings (SSSR count). The van der Waals surface area contributed by atoms with E-state index in [0.717, 1.165) is 12.1 Å². The Hall–Kier alpha value is -3.20. The van der Waals surface area contributed by atoms with Crippen molar-refractivity contribution < 1.29 is 27.8 Å². The second kappa shape index (κ2) is 7.91. The summed E-state index contributed by atoms with van der Waals surface area (Å²) in [5.74, 6) is -2.36. The largest absolute Gasteiger partial charge is 0.485 e. The molecule has 1 N–H and O–H groups in total. The Morgan fingerprint density at radius 3 is 2.80 bits per heavy atom. The Morgan fingerprint density at radius 2 is 2.13 bits per heavy atom. The zero-order chi connectivity index (χ0) is 21.4. The molecule has 0 spiro atoms. The van der Waals surface area contributed by atoms with Gasteiger partial charge in [-0.3, -0.25) is 9.20 Å². The van der Waals surface area contributed by atoms with Gasteiger partial charge in [0, 0.05) is 18.7 Å². The number of pyridine rings is 1. The number of ether oxygens (including phenoxy) is 2. The molecule has 1 aliphatic heterocycles. The summed E-state index contributed by atoms with van der Waals surface area (Å²) in [4.78, 5) is 28.8. The van der Waals surface area contributed by atoms with Gasteiger partial charge in [0.05, 0.1) is 22.9 Å². The van der Waals surface area contributed by atoms with E-state index < -0.39 is 36.2 Å². The van der Waals surface area contributed by atoms with Crippen LogP contribution in [0, 0.1) is 18.6 Å². The molecular formula is C20H16ClF2N3O4. The quantitative estimate of drug-likeness (QED) is 0.622. The minimum atomic E-state index is -0.740. The van der Waals surface area contributed by atoms with Crippen molar-refractivity contribution in [1.82, 2.24) is 14.7 Å². The number of halogens is 3. The molecule has 10 heteroatoms. The van der Waals surface area contributed by atoms with E-state index in [4.69, 9.17) is 21.1 Å². The maximum Gasteiger partial charge on any atom is 0.328 e. The molecule has 0 saturated carbocycles. The van der Waals surface area contributed by atoms with Gasteiger partial charge in [-0.15, -0.1) is 0 Å². The van der Waals surface area contributed by atoms with E-state index in [1.165, 1.54) is 22.7 Å². The van der Waals surface area contributed by atoms with Crippen LogP contribution in [0.4, 0.5) is 8.78 Å². The average Bonchev–Trinajstić information content (AvgIpc) is 3.23. The lowest BCUT2D eigenvalue weighted by atomic mass is 10.2. The average molecular weight is 436 g/mol. The smallest absolute Gasteiger partial charge is 0.328 e. The lowest BCUT2D eigenvalue weighted by molar-refractivity contribution is -0.139. The van der Waals surface area contributed by atoms with Crippen molar-refractivity contribution in [3.05, 3.63) is 64.1 Å². The second-order valence-corrected chi connectivity index (χ2v) is 7.17. The van der Waals surface area contributed by atoms with Gasteiger partial charge in [-0.1, -0.05) is 17.7 Å². The maximum absolute atomic E-state index is 13.9. The van der Waals surface area contributed by atoms with Crippen LogP contribution in [0.2, 0.25) is 5.02 Å². The molecule has 0 bridgehead atoms. The highest BCUT2D eigenvalue weighted by atomic mass is 35.5. The molecule has 2 aromatic heterocycles. The van der Waals surface area contributed by atoms with E-state index in [1.54, 1.807) is 6.92 Å². The fourth-order valence-corrected chi connectivity index (χ4v) is 3.45. The highest BCUT2D eigenvalue weighted by Gasteiger charge is 2.30. The van der Waals surface area contributed by atoms with Gasteiger partial charge in [-0.25, -0.2) is 18.6 Å². The van der Waals surface area contributed by atoms with Crippen molar-refractivity contribution in [2.45, 2.75) is 26.0 Å². The van der Waals surface area contributed by atoms with Crippen molar-refractivity contribution in [2.24, 2.45) is 0 Å².